The highest BCUT2D eigenvalue weighted by molar-refractivity contribution is 5.92. The number of nitrogens with zero attached hydrogens (tertiary/aromatic N) is 3. The Morgan fingerprint density at radius 3 is 2.87 bits per heavy atom. The fourth-order valence-electron chi connectivity index (χ4n) is 2.47. The van der Waals surface area contributed by atoms with E-state index in [1.807, 2.05) is 42.5 Å². The molecule has 5 nitrogen and oxygen atoms in total. The number of para-hydroxylation sites is 1. The summed E-state index contributed by atoms with van der Waals surface area (Å²) in [6.07, 6.45) is 3.32. The zero-order chi connectivity index (χ0) is 15.6. The number of nitrogens with one attached hydrogen (secondary N) is 1. The Bertz CT molecular complexity index is 1000. The van der Waals surface area contributed by atoms with Gasteiger partial charge in [0.15, 0.2) is 0 Å². The van der Waals surface area contributed by atoms with E-state index < -0.39 is 0 Å². The van der Waals surface area contributed by atoms with Gasteiger partial charge < -0.3 is 10.1 Å². The predicted octanol–water partition coefficient (Wildman–Crippen LogP) is 3.73. The molecule has 2 heterocycles. The number of hydrogen-bond donors (Lipinski definition) is 1. The van der Waals surface area contributed by atoms with Gasteiger partial charge in [-0.1, -0.05) is 18.2 Å². The highest BCUT2D eigenvalue weighted by Crippen LogP contribution is 2.26. The van der Waals surface area contributed by atoms with E-state index in [2.05, 4.69) is 26.3 Å². The molecule has 0 spiro atoms. The SMILES string of the molecule is COc1[c]cc2c(Nc3cnc4ccccc4c3)ncnc2c1. The molecular weight excluding hydrogens is 288 g/mol. The molecule has 4 rings (SSSR count). The second kappa shape index (κ2) is 5.53. The molecule has 0 bridgehead atoms. The molecule has 1 radical (unpaired) electrons. The zero-order valence-corrected chi connectivity index (χ0v) is 12.4. The van der Waals surface area contributed by atoms with Crippen LogP contribution in [-0.4, -0.2) is 22.1 Å². The summed E-state index contributed by atoms with van der Waals surface area (Å²) < 4.78 is 5.18. The van der Waals surface area contributed by atoms with Crippen molar-refractivity contribution in [2.75, 3.05) is 12.4 Å². The predicted molar refractivity (Wildman–Crippen MR) is 90.0 cm³/mol. The maximum atomic E-state index is 5.18. The fourth-order valence-corrected chi connectivity index (χ4v) is 2.47. The van der Waals surface area contributed by atoms with Crippen LogP contribution in [-0.2, 0) is 0 Å². The van der Waals surface area contributed by atoms with Crippen molar-refractivity contribution < 1.29 is 4.74 Å². The van der Waals surface area contributed by atoms with Gasteiger partial charge in [-0.15, -0.1) is 0 Å². The number of aromatic nitrogens is 3. The minimum absolute atomic E-state index is 0.648. The van der Waals surface area contributed by atoms with Crippen molar-refractivity contribution in [3.05, 3.63) is 61.1 Å². The van der Waals surface area contributed by atoms with Gasteiger partial charge in [-0.3, -0.25) is 4.98 Å². The first-order valence-corrected chi connectivity index (χ1v) is 7.16. The summed E-state index contributed by atoms with van der Waals surface area (Å²) in [5.41, 5.74) is 2.63. The van der Waals surface area contributed by atoms with Crippen LogP contribution >= 0.6 is 0 Å². The number of methoxy groups -OCH3 is 1. The second-order valence-corrected chi connectivity index (χ2v) is 5.06. The molecule has 111 valence electrons. The minimum atomic E-state index is 0.648. The van der Waals surface area contributed by atoms with Crippen molar-refractivity contribution in [1.82, 2.24) is 15.0 Å². The van der Waals surface area contributed by atoms with E-state index in [0.717, 1.165) is 27.5 Å². The van der Waals surface area contributed by atoms with E-state index in [9.17, 15) is 0 Å². The monoisotopic (exact) mass is 301 g/mol. The largest absolute Gasteiger partial charge is 0.496 e. The Labute approximate surface area is 133 Å². The first kappa shape index (κ1) is 13.5. The molecule has 0 aliphatic carbocycles. The van der Waals surface area contributed by atoms with Crippen LogP contribution in [0, 0.1) is 6.07 Å². The number of fused-ring (bicyclic) bond motifs is 2. The summed E-state index contributed by atoms with van der Waals surface area (Å²) in [6.45, 7) is 0. The van der Waals surface area contributed by atoms with Gasteiger partial charge in [-0.05, 0) is 18.2 Å². The van der Waals surface area contributed by atoms with Gasteiger partial charge in [0.2, 0.25) is 0 Å². The van der Waals surface area contributed by atoms with E-state index in [1.54, 1.807) is 13.3 Å². The molecule has 1 N–H and O–H groups in total. The third-order valence-corrected chi connectivity index (χ3v) is 3.61. The summed E-state index contributed by atoms with van der Waals surface area (Å²) in [6, 6.07) is 16.8. The molecule has 0 unspecified atom stereocenters. The van der Waals surface area contributed by atoms with Crippen LogP contribution in [0.5, 0.6) is 5.75 Å². The van der Waals surface area contributed by atoms with E-state index in [-0.39, 0.29) is 0 Å². The van der Waals surface area contributed by atoms with E-state index in [0.29, 0.717) is 11.6 Å². The number of hydrogen-bond acceptors (Lipinski definition) is 5. The van der Waals surface area contributed by atoms with Crippen LogP contribution in [0.15, 0.2) is 55.0 Å². The van der Waals surface area contributed by atoms with E-state index in [1.165, 1.54) is 6.33 Å². The fraction of sp³-hybridized carbons (Fsp3) is 0.0556. The highest BCUT2D eigenvalue weighted by atomic mass is 16.5. The van der Waals surface area contributed by atoms with Crippen molar-refractivity contribution in [2.45, 2.75) is 0 Å². The van der Waals surface area contributed by atoms with E-state index >= 15 is 0 Å². The van der Waals surface area contributed by atoms with Crippen molar-refractivity contribution in [1.29, 1.82) is 0 Å². The molecule has 0 saturated heterocycles. The summed E-state index contributed by atoms with van der Waals surface area (Å²) >= 11 is 0. The Balaban J connectivity index is 1.76. The molecule has 0 fully saturated rings. The Morgan fingerprint density at radius 1 is 1.04 bits per heavy atom. The first-order valence-electron chi connectivity index (χ1n) is 7.16. The van der Waals surface area contributed by atoms with Crippen molar-refractivity contribution >= 4 is 33.3 Å². The van der Waals surface area contributed by atoms with E-state index in [4.69, 9.17) is 4.74 Å². The van der Waals surface area contributed by atoms with Gasteiger partial charge in [0, 0.05) is 22.9 Å². The maximum absolute atomic E-state index is 5.18. The average molecular weight is 301 g/mol. The number of benzene rings is 2. The van der Waals surface area contributed by atoms with Gasteiger partial charge in [-0.25, -0.2) is 9.97 Å². The summed E-state index contributed by atoms with van der Waals surface area (Å²) in [5.74, 6) is 1.36. The summed E-state index contributed by atoms with van der Waals surface area (Å²) in [7, 11) is 1.61. The first-order chi connectivity index (χ1) is 11.3. The van der Waals surface area contributed by atoms with Gasteiger partial charge in [0.1, 0.15) is 17.9 Å². The number of rotatable bonds is 3. The van der Waals surface area contributed by atoms with Crippen LogP contribution in [0.4, 0.5) is 11.5 Å². The van der Waals surface area contributed by atoms with Crippen LogP contribution in [0.3, 0.4) is 0 Å². The summed E-state index contributed by atoms with van der Waals surface area (Å²) in [4.78, 5) is 13.1. The normalized spacial score (nSPS) is 10.8. The molecule has 23 heavy (non-hydrogen) atoms. The van der Waals surface area contributed by atoms with Crippen molar-refractivity contribution in [3.63, 3.8) is 0 Å². The molecule has 0 amide bonds. The third-order valence-electron chi connectivity index (χ3n) is 3.61. The molecule has 0 atom stereocenters. The second-order valence-electron chi connectivity index (χ2n) is 5.06. The molecule has 2 aromatic carbocycles. The summed E-state index contributed by atoms with van der Waals surface area (Å²) in [5, 5.41) is 5.25. The Hall–Kier alpha value is -3.21. The maximum Gasteiger partial charge on any atom is 0.141 e. The van der Waals surface area contributed by atoms with Gasteiger partial charge in [0.05, 0.1) is 30.0 Å². The quantitative estimate of drug-likeness (QED) is 0.625. The topological polar surface area (TPSA) is 59.9 Å². The molecule has 0 aliphatic rings. The van der Waals surface area contributed by atoms with Gasteiger partial charge in [0.25, 0.3) is 0 Å². The molecule has 4 aromatic rings. The number of anilines is 2. The lowest BCUT2D eigenvalue weighted by Gasteiger charge is -2.09. The molecule has 5 heteroatoms. The highest BCUT2D eigenvalue weighted by Gasteiger charge is 2.06. The van der Waals surface area contributed by atoms with Crippen LogP contribution in [0.1, 0.15) is 0 Å². The molecular formula is C18H13N4O. The average Bonchev–Trinajstić information content (AvgIpc) is 2.61. The minimum Gasteiger partial charge on any atom is -0.496 e. The van der Waals surface area contributed by atoms with Crippen molar-refractivity contribution in [2.24, 2.45) is 0 Å². The van der Waals surface area contributed by atoms with Gasteiger partial charge in [-0.2, -0.15) is 0 Å². The molecule has 0 saturated carbocycles. The van der Waals surface area contributed by atoms with Crippen molar-refractivity contribution in [3.8, 4) is 5.75 Å². The lowest BCUT2D eigenvalue weighted by atomic mass is 10.2. The third kappa shape index (κ3) is 2.53. The van der Waals surface area contributed by atoms with Crippen LogP contribution in [0.2, 0.25) is 0 Å². The molecule has 0 aliphatic heterocycles. The zero-order valence-electron chi connectivity index (χ0n) is 12.4. The Kier molecular flexibility index (Phi) is 3.24. The number of pyridine rings is 1. The van der Waals surface area contributed by atoms with Crippen LogP contribution in [0.25, 0.3) is 21.8 Å². The lowest BCUT2D eigenvalue weighted by molar-refractivity contribution is 0.414. The molecule has 2 aromatic heterocycles. The smallest absolute Gasteiger partial charge is 0.141 e. The van der Waals surface area contributed by atoms with Gasteiger partial charge >= 0.3 is 0 Å². The number of ether oxygens (including phenoxy) is 1. The lowest BCUT2D eigenvalue weighted by Crippen LogP contribution is -1.97. The van der Waals surface area contributed by atoms with Crippen LogP contribution < -0.4 is 10.1 Å². The standard InChI is InChI=1S/C18H13N4O/c1-23-14-6-7-15-17(9-14)20-11-21-18(15)22-13-8-12-4-2-3-5-16(12)19-10-13/h2-5,7-11H,1H3,(H,20,21,22). The Morgan fingerprint density at radius 2 is 1.96 bits per heavy atom.